The predicted octanol–water partition coefficient (Wildman–Crippen LogP) is 5.08. The van der Waals surface area contributed by atoms with Gasteiger partial charge in [0.1, 0.15) is 11.3 Å². The van der Waals surface area contributed by atoms with Gasteiger partial charge in [-0.2, -0.15) is 13.2 Å². The van der Waals surface area contributed by atoms with Crippen molar-refractivity contribution in [3.63, 3.8) is 0 Å². The molecule has 0 saturated heterocycles. The molecule has 3 rings (SSSR count). The van der Waals surface area contributed by atoms with Crippen molar-refractivity contribution in [3.05, 3.63) is 70.5 Å². The zero-order chi connectivity index (χ0) is 24.2. The number of halogens is 4. The summed E-state index contributed by atoms with van der Waals surface area (Å²) < 4.78 is 46.4. The van der Waals surface area contributed by atoms with Gasteiger partial charge in [-0.1, -0.05) is 12.1 Å². The first-order valence-electron chi connectivity index (χ1n) is 9.30. The van der Waals surface area contributed by atoms with Crippen molar-refractivity contribution >= 4 is 39.2 Å². The third-order valence-electron chi connectivity index (χ3n) is 4.20. The van der Waals surface area contributed by atoms with Gasteiger partial charge in [0.15, 0.2) is 0 Å². The maximum Gasteiger partial charge on any atom is 0.420 e. The van der Waals surface area contributed by atoms with E-state index in [0.29, 0.717) is 16.2 Å². The molecule has 0 radical (unpaired) electrons. The second-order valence-corrected chi connectivity index (χ2v) is 7.73. The van der Waals surface area contributed by atoms with Gasteiger partial charge in [0, 0.05) is 37.9 Å². The van der Waals surface area contributed by atoms with Crippen molar-refractivity contribution in [2.24, 2.45) is 0 Å². The van der Waals surface area contributed by atoms with Crippen LogP contribution >= 0.6 is 15.9 Å². The Hall–Kier alpha value is -3.67. The van der Waals surface area contributed by atoms with E-state index < -0.39 is 29.4 Å². The molecule has 0 aliphatic heterocycles. The molecular weight excluding hydrogens is 507 g/mol. The Kier molecular flexibility index (Phi) is 7.16. The quantitative estimate of drug-likeness (QED) is 0.484. The Labute approximate surface area is 194 Å². The van der Waals surface area contributed by atoms with Gasteiger partial charge in [0.2, 0.25) is 0 Å². The van der Waals surface area contributed by atoms with Crippen LogP contribution < -0.4 is 20.3 Å². The number of amides is 3. The van der Waals surface area contributed by atoms with Gasteiger partial charge in [-0.15, -0.1) is 0 Å². The number of urea groups is 1. The molecule has 0 saturated carbocycles. The topological polar surface area (TPSA) is 96.5 Å². The van der Waals surface area contributed by atoms with Crippen molar-refractivity contribution in [1.29, 1.82) is 0 Å². The van der Waals surface area contributed by atoms with Gasteiger partial charge in [-0.05, 0) is 46.3 Å². The highest BCUT2D eigenvalue weighted by atomic mass is 79.9. The van der Waals surface area contributed by atoms with Crippen LogP contribution in [-0.2, 0) is 6.18 Å². The third-order valence-corrected chi connectivity index (χ3v) is 4.61. The summed E-state index contributed by atoms with van der Waals surface area (Å²) in [5, 5.41) is 4.33. The maximum absolute atomic E-state index is 13.6. The lowest BCUT2D eigenvalue weighted by Gasteiger charge is -2.17. The van der Waals surface area contributed by atoms with Gasteiger partial charge in [-0.25, -0.2) is 14.8 Å². The Morgan fingerprint density at radius 3 is 2.36 bits per heavy atom. The Morgan fingerprint density at radius 2 is 1.73 bits per heavy atom. The molecule has 33 heavy (non-hydrogen) atoms. The fourth-order valence-electron chi connectivity index (χ4n) is 2.76. The molecule has 12 heteroatoms. The lowest BCUT2D eigenvalue weighted by atomic mass is 10.1. The van der Waals surface area contributed by atoms with Crippen molar-refractivity contribution < 1.29 is 27.5 Å². The van der Waals surface area contributed by atoms with E-state index in [1.54, 1.807) is 37.2 Å². The summed E-state index contributed by atoms with van der Waals surface area (Å²) in [6, 6.07) is 8.20. The highest BCUT2D eigenvalue weighted by Crippen LogP contribution is 2.39. The standard InChI is InChI=1S/C21H17BrF3N5O3/c1-30(2)16-6-4-3-5-14(16)18(31)29-19(32)28-13-7-8-17(15(9-13)21(23,24)25)33-20-26-10-12(22)11-27-20/h3-11H,1-2H3,(H2,28,29,31,32). The molecule has 172 valence electrons. The second-order valence-electron chi connectivity index (χ2n) is 6.81. The van der Waals surface area contributed by atoms with Crippen LogP contribution in [-0.4, -0.2) is 36.0 Å². The number of nitrogens with zero attached hydrogens (tertiary/aromatic N) is 3. The van der Waals surface area contributed by atoms with Crippen LogP contribution in [0, 0.1) is 0 Å². The molecule has 0 atom stereocenters. The lowest BCUT2D eigenvalue weighted by molar-refractivity contribution is -0.138. The molecule has 0 unspecified atom stereocenters. The normalized spacial score (nSPS) is 11.0. The van der Waals surface area contributed by atoms with Gasteiger partial charge >= 0.3 is 18.2 Å². The number of rotatable bonds is 5. The summed E-state index contributed by atoms with van der Waals surface area (Å²) in [4.78, 5) is 34.0. The van der Waals surface area contributed by atoms with Crippen LogP contribution in [0.25, 0.3) is 0 Å². The van der Waals surface area contributed by atoms with Crippen LogP contribution in [0.2, 0.25) is 0 Å². The fraction of sp³-hybridized carbons (Fsp3) is 0.143. The van der Waals surface area contributed by atoms with Crippen LogP contribution in [0.5, 0.6) is 11.8 Å². The molecule has 3 aromatic rings. The minimum absolute atomic E-state index is 0.197. The fourth-order valence-corrected chi connectivity index (χ4v) is 2.96. The first-order valence-corrected chi connectivity index (χ1v) is 10.1. The molecule has 0 aliphatic rings. The number of para-hydroxylation sites is 1. The molecular formula is C21H17BrF3N5O3. The van der Waals surface area contributed by atoms with Crippen LogP contribution in [0.4, 0.5) is 29.3 Å². The second kappa shape index (κ2) is 9.86. The Balaban J connectivity index is 1.77. The smallest absolute Gasteiger partial charge is 0.420 e. The first-order chi connectivity index (χ1) is 15.5. The molecule has 2 N–H and O–H groups in total. The van der Waals surface area contributed by atoms with Crippen molar-refractivity contribution in [2.45, 2.75) is 6.18 Å². The van der Waals surface area contributed by atoms with E-state index in [2.05, 4.69) is 36.5 Å². The Bertz CT molecular complexity index is 1170. The van der Waals surface area contributed by atoms with E-state index >= 15 is 0 Å². The van der Waals surface area contributed by atoms with Gasteiger partial charge in [0.25, 0.3) is 5.91 Å². The molecule has 0 bridgehead atoms. The average Bonchev–Trinajstić information content (AvgIpc) is 2.75. The van der Waals surface area contributed by atoms with E-state index in [-0.39, 0.29) is 17.3 Å². The number of carbonyl (C=O) groups is 2. The molecule has 0 spiro atoms. The van der Waals surface area contributed by atoms with E-state index in [1.165, 1.54) is 24.5 Å². The van der Waals surface area contributed by atoms with Gasteiger partial charge < -0.3 is 15.0 Å². The number of hydrogen-bond donors (Lipinski definition) is 2. The molecule has 0 aliphatic carbocycles. The minimum atomic E-state index is -4.79. The highest BCUT2D eigenvalue weighted by Gasteiger charge is 2.35. The summed E-state index contributed by atoms with van der Waals surface area (Å²) in [5.41, 5.74) is -0.556. The van der Waals surface area contributed by atoms with E-state index in [0.717, 1.165) is 6.07 Å². The van der Waals surface area contributed by atoms with E-state index in [1.807, 2.05) is 0 Å². The molecule has 1 heterocycles. The molecule has 2 aromatic carbocycles. The first kappa shape index (κ1) is 24.0. The number of alkyl halides is 3. The number of benzene rings is 2. The van der Waals surface area contributed by atoms with Gasteiger partial charge in [-0.3, -0.25) is 10.1 Å². The maximum atomic E-state index is 13.6. The number of hydrogen-bond acceptors (Lipinski definition) is 6. The summed E-state index contributed by atoms with van der Waals surface area (Å²) >= 11 is 3.12. The monoisotopic (exact) mass is 523 g/mol. The molecule has 1 aromatic heterocycles. The highest BCUT2D eigenvalue weighted by molar-refractivity contribution is 9.10. The largest absolute Gasteiger partial charge is 0.424 e. The number of anilines is 2. The zero-order valence-electron chi connectivity index (χ0n) is 17.3. The molecule has 3 amide bonds. The van der Waals surface area contributed by atoms with E-state index in [4.69, 9.17) is 4.74 Å². The SMILES string of the molecule is CN(C)c1ccccc1C(=O)NC(=O)Nc1ccc(Oc2ncc(Br)cn2)c(C(F)(F)F)c1. The number of nitrogens with one attached hydrogen (secondary N) is 2. The van der Waals surface area contributed by atoms with Crippen LogP contribution in [0.1, 0.15) is 15.9 Å². The lowest BCUT2D eigenvalue weighted by Crippen LogP contribution is -2.35. The van der Waals surface area contributed by atoms with Crippen molar-refractivity contribution in [2.75, 3.05) is 24.3 Å². The number of ether oxygens (including phenoxy) is 1. The zero-order valence-corrected chi connectivity index (χ0v) is 18.9. The number of aromatic nitrogens is 2. The van der Waals surface area contributed by atoms with Crippen LogP contribution in [0.3, 0.4) is 0 Å². The van der Waals surface area contributed by atoms with Gasteiger partial charge in [0.05, 0.1) is 10.0 Å². The van der Waals surface area contributed by atoms with Crippen molar-refractivity contribution in [1.82, 2.24) is 15.3 Å². The molecule has 0 fully saturated rings. The summed E-state index contributed by atoms with van der Waals surface area (Å²) in [7, 11) is 3.46. The summed E-state index contributed by atoms with van der Waals surface area (Å²) in [5.74, 6) is -1.26. The third kappa shape index (κ3) is 6.19. The average molecular weight is 524 g/mol. The Morgan fingerprint density at radius 1 is 1.06 bits per heavy atom. The van der Waals surface area contributed by atoms with Crippen molar-refractivity contribution in [3.8, 4) is 11.8 Å². The minimum Gasteiger partial charge on any atom is -0.424 e. The molecule has 8 nitrogen and oxygen atoms in total. The number of imide groups is 1. The summed E-state index contributed by atoms with van der Waals surface area (Å²) in [6.07, 6.45) is -2.15. The summed E-state index contributed by atoms with van der Waals surface area (Å²) in [6.45, 7) is 0. The van der Waals surface area contributed by atoms with E-state index in [9.17, 15) is 22.8 Å². The number of carbonyl (C=O) groups excluding carboxylic acids is 2. The van der Waals surface area contributed by atoms with Crippen LogP contribution in [0.15, 0.2) is 59.3 Å². The predicted molar refractivity (Wildman–Crippen MR) is 119 cm³/mol.